The summed E-state index contributed by atoms with van der Waals surface area (Å²) in [6, 6.07) is 5.77. The van der Waals surface area contributed by atoms with Gasteiger partial charge < -0.3 is 8.85 Å². The van der Waals surface area contributed by atoms with Crippen molar-refractivity contribution in [3.05, 3.63) is 0 Å². The van der Waals surface area contributed by atoms with E-state index in [1.54, 1.807) is 6.42 Å². The van der Waals surface area contributed by atoms with E-state index in [9.17, 15) is 0 Å². The lowest BCUT2D eigenvalue weighted by atomic mass is 9.44. The van der Waals surface area contributed by atoms with E-state index in [1.807, 2.05) is 0 Å². The van der Waals surface area contributed by atoms with Gasteiger partial charge in [-0.25, -0.2) is 0 Å². The van der Waals surface area contributed by atoms with Gasteiger partial charge in [0.2, 0.25) is 0 Å². The summed E-state index contributed by atoms with van der Waals surface area (Å²) in [6.07, 6.45) is 18.6. The fourth-order valence-electron chi connectivity index (χ4n) is 12.5. The molecule has 2 nitrogen and oxygen atoms in total. The topological polar surface area (TPSA) is 18.5 Å². The predicted molar refractivity (Wildman–Crippen MR) is 163 cm³/mol. The fraction of sp³-hybridized carbons (Fsp3) is 1.00. The number of rotatable bonds is 6. The van der Waals surface area contributed by atoms with Gasteiger partial charge >= 0.3 is 0 Å². The first-order valence-corrected chi connectivity index (χ1v) is 22.3. The summed E-state index contributed by atoms with van der Waals surface area (Å²) in [4.78, 5) is 0. The minimum Gasteiger partial charge on any atom is -0.413 e. The van der Waals surface area contributed by atoms with E-state index in [2.05, 4.69) is 41.5 Å². The first-order valence-electron chi connectivity index (χ1n) is 17.5. The van der Waals surface area contributed by atoms with Crippen molar-refractivity contribution in [2.75, 3.05) is 0 Å². The van der Waals surface area contributed by atoms with Crippen LogP contribution in [0.15, 0.2) is 0 Å². The Morgan fingerprint density at radius 3 is 1.87 bits per heavy atom. The van der Waals surface area contributed by atoms with Crippen LogP contribution in [0.25, 0.3) is 0 Å². The summed E-state index contributed by atoms with van der Waals surface area (Å²) < 4.78 is 15.3. The van der Waals surface area contributed by atoms with Gasteiger partial charge in [-0.15, -0.1) is 0 Å². The third-order valence-electron chi connectivity index (χ3n) is 15.1. The predicted octanol–water partition coefficient (Wildman–Crippen LogP) is 9.95. The summed E-state index contributed by atoms with van der Waals surface area (Å²) >= 11 is 0. The van der Waals surface area contributed by atoms with Gasteiger partial charge in [0.15, 0.2) is 16.6 Å². The van der Waals surface area contributed by atoms with Crippen molar-refractivity contribution >= 4 is 16.6 Å². The molecule has 7 aliphatic rings. The van der Waals surface area contributed by atoms with Crippen molar-refractivity contribution in [3.8, 4) is 0 Å². The molecule has 0 radical (unpaired) electrons. The van der Waals surface area contributed by atoms with Crippen molar-refractivity contribution in [3.63, 3.8) is 0 Å². The highest BCUT2D eigenvalue weighted by atomic mass is 28.4. The Kier molecular flexibility index (Phi) is 6.75. The molecule has 5 aliphatic carbocycles. The lowest BCUT2D eigenvalue weighted by molar-refractivity contribution is -0.159. The van der Waals surface area contributed by atoms with Crippen LogP contribution in [0.1, 0.15) is 119 Å². The molecule has 0 amide bonds. The first-order chi connectivity index (χ1) is 18.1. The molecule has 2 saturated heterocycles. The van der Waals surface area contributed by atoms with E-state index >= 15 is 0 Å². The molecule has 4 heteroatoms. The van der Waals surface area contributed by atoms with E-state index < -0.39 is 16.6 Å². The lowest BCUT2D eigenvalue weighted by Crippen LogP contribution is -2.60. The van der Waals surface area contributed by atoms with E-state index in [4.69, 9.17) is 8.85 Å². The summed E-state index contributed by atoms with van der Waals surface area (Å²) in [5, 5.41) is 0. The van der Waals surface area contributed by atoms with Gasteiger partial charge in [-0.3, -0.25) is 0 Å². The van der Waals surface area contributed by atoms with Gasteiger partial charge in [-0.1, -0.05) is 67.2 Å². The minimum absolute atomic E-state index is 0.420. The Hall–Kier alpha value is 0.354. The van der Waals surface area contributed by atoms with E-state index in [1.165, 1.54) is 94.8 Å². The van der Waals surface area contributed by atoms with Gasteiger partial charge in [-0.2, -0.15) is 0 Å². The minimum atomic E-state index is -1.60. The molecule has 7 rings (SSSR count). The van der Waals surface area contributed by atoms with Gasteiger partial charge in [0.1, 0.15) is 0 Å². The Morgan fingerprint density at radius 2 is 1.24 bits per heavy atom. The Bertz CT molecular complexity index is 891. The number of hydrogen-bond donors (Lipinski definition) is 0. The van der Waals surface area contributed by atoms with Crippen LogP contribution in [0.3, 0.4) is 0 Å². The van der Waals surface area contributed by atoms with Crippen LogP contribution in [-0.4, -0.2) is 28.8 Å². The monoisotopic (exact) mass is 556 g/mol. The van der Waals surface area contributed by atoms with Gasteiger partial charge in [0.05, 0.1) is 6.10 Å². The maximum Gasteiger partial charge on any atom is 0.195 e. The van der Waals surface area contributed by atoms with Crippen LogP contribution in [0, 0.1) is 46.3 Å². The van der Waals surface area contributed by atoms with Crippen molar-refractivity contribution in [2.45, 2.75) is 166 Å². The van der Waals surface area contributed by atoms with E-state index in [0.717, 1.165) is 46.6 Å². The summed E-state index contributed by atoms with van der Waals surface area (Å²) in [6.45, 7) is 15.6. The number of fused-ring (bicyclic) bond motifs is 6. The van der Waals surface area contributed by atoms with E-state index in [-0.39, 0.29) is 0 Å². The Labute approximate surface area is 237 Å². The Morgan fingerprint density at radius 1 is 0.632 bits per heavy atom. The fourth-order valence-corrected chi connectivity index (χ4v) is 21.5. The molecular weight excluding hydrogens is 497 g/mol. The zero-order valence-corrected chi connectivity index (χ0v) is 27.9. The molecular formula is C34H60O2Si2. The molecule has 2 aliphatic heterocycles. The molecule has 0 bridgehead atoms. The molecule has 3 unspecified atom stereocenters. The normalized spacial score (nSPS) is 50.5. The quantitative estimate of drug-likeness (QED) is 0.303. The van der Waals surface area contributed by atoms with Crippen LogP contribution in [0.4, 0.5) is 0 Å². The zero-order valence-electron chi connectivity index (χ0n) is 25.9. The average molecular weight is 557 g/mol. The highest BCUT2D eigenvalue weighted by Crippen LogP contribution is 2.71. The third kappa shape index (κ3) is 4.02. The molecule has 5 saturated carbocycles. The standard InChI is InChI=1S/C34H60O2Si2/c1-23(2)37(15-7-8-16-37)35-31-21-27-28-11-12-32(36-38(24(3)4)17-9-10-18-38)33(28,5)14-13-29(27)34(6)22-26-19-25(26)20-30(31)34/h23-32H,7-22H2,1-6H3/t25-,26+,27?,28?,29?,30+,31-,32-,33-,34+/m0/s1. The molecule has 38 heavy (non-hydrogen) atoms. The molecule has 0 aromatic carbocycles. The second-order valence-electron chi connectivity index (χ2n) is 17.2. The summed E-state index contributed by atoms with van der Waals surface area (Å²) in [5.74, 6) is 5.69. The lowest BCUT2D eigenvalue weighted by Gasteiger charge is -2.63. The van der Waals surface area contributed by atoms with Crippen LogP contribution < -0.4 is 0 Å². The molecule has 216 valence electrons. The average Bonchev–Trinajstić information content (AvgIpc) is 3.22. The number of hydrogen-bond acceptors (Lipinski definition) is 2. The zero-order chi connectivity index (χ0) is 26.5. The maximum atomic E-state index is 7.73. The third-order valence-corrected chi connectivity index (χ3v) is 25.6. The highest BCUT2D eigenvalue weighted by molar-refractivity contribution is 6.76. The SMILES string of the molecule is CC(C)[Si]1(O[C@H]2CC3C4CC[C@H](O[Si]5(C(C)C)CCCC5)[C@@]4(C)CCC3[C@@]3(C)C[C@H]4C[C@H]4C[C@H]23)CCCC1. The molecule has 0 aromatic rings. The molecule has 0 spiro atoms. The van der Waals surface area contributed by atoms with E-state index in [0.29, 0.717) is 23.0 Å². The van der Waals surface area contributed by atoms with Gasteiger partial charge in [0.25, 0.3) is 0 Å². The first kappa shape index (κ1) is 27.2. The van der Waals surface area contributed by atoms with Crippen LogP contribution >= 0.6 is 0 Å². The van der Waals surface area contributed by atoms with Crippen LogP contribution in [0.2, 0.25) is 35.3 Å². The van der Waals surface area contributed by atoms with Crippen molar-refractivity contribution in [1.29, 1.82) is 0 Å². The van der Waals surface area contributed by atoms with Crippen molar-refractivity contribution in [2.24, 2.45) is 46.3 Å². The summed E-state index contributed by atoms with van der Waals surface area (Å²) in [7, 11) is -3.17. The molecule has 0 N–H and O–H groups in total. The largest absolute Gasteiger partial charge is 0.413 e. The maximum absolute atomic E-state index is 7.73. The second-order valence-corrected chi connectivity index (χ2v) is 26.2. The van der Waals surface area contributed by atoms with Gasteiger partial charge in [-0.05, 0) is 133 Å². The summed E-state index contributed by atoms with van der Waals surface area (Å²) in [5.41, 5.74) is 2.53. The van der Waals surface area contributed by atoms with Crippen LogP contribution in [0.5, 0.6) is 0 Å². The smallest absolute Gasteiger partial charge is 0.195 e. The van der Waals surface area contributed by atoms with Gasteiger partial charge in [0, 0.05) is 6.10 Å². The van der Waals surface area contributed by atoms with Crippen molar-refractivity contribution < 1.29 is 8.85 Å². The molecule has 2 heterocycles. The molecule has 10 atom stereocenters. The second kappa shape index (κ2) is 9.43. The molecule has 7 fully saturated rings. The Balaban J connectivity index is 1.18. The highest BCUT2D eigenvalue weighted by Gasteiger charge is 2.66. The van der Waals surface area contributed by atoms with Crippen molar-refractivity contribution in [1.82, 2.24) is 0 Å². The van der Waals surface area contributed by atoms with Crippen LogP contribution in [-0.2, 0) is 8.85 Å². The molecule has 0 aromatic heterocycles.